The number of nitrogens with zero attached hydrogens (tertiary/aromatic N) is 1. The van der Waals surface area contributed by atoms with Crippen LogP contribution in [0.2, 0.25) is 0 Å². The average Bonchev–Trinajstić information content (AvgIpc) is 3.10. The zero-order chi connectivity index (χ0) is 17.7. The van der Waals surface area contributed by atoms with Crippen LogP contribution < -0.4 is 4.72 Å². The van der Waals surface area contributed by atoms with Gasteiger partial charge in [-0.15, -0.1) is 0 Å². The number of hydrogen-bond donors (Lipinski definition) is 1. The van der Waals surface area contributed by atoms with Crippen molar-refractivity contribution in [1.82, 2.24) is 9.62 Å². The average molecular weight is 381 g/mol. The minimum absolute atomic E-state index is 0.00262. The molecule has 0 radical (unpaired) electrons. The number of sulfonamides is 1. The Kier molecular flexibility index (Phi) is 6.22. The Balaban J connectivity index is 1.67. The molecule has 1 aliphatic heterocycles. The Hall–Kier alpha value is -1.28. The van der Waals surface area contributed by atoms with Crippen molar-refractivity contribution in [3.8, 4) is 0 Å². The van der Waals surface area contributed by atoms with E-state index < -0.39 is 10.0 Å². The van der Waals surface area contributed by atoms with Crippen LogP contribution in [0.1, 0.15) is 22.7 Å². The van der Waals surface area contributed by atoms with Gasteiger partial charge in [-0.25, -0.2) is 13.1 Å². The molecular formula is C18H24N2O3S2. The van der Waals surface area contributed by atoms with Gasteiger partial charge in [0.15, 0.2) is 0 Å². The normalized spacial score (nSPS) is 17.5. The Labute approximate surface area is 153 Å². The van der Waals surface area contributed by atoms with Crippen molar-refractivity contribution in [2.75, 3.05) is 31.1 Å². The fourth-order valence-corrected chi connectivity index (χ4v) is 5.15. The number of furan rings is 1. The van der Waals surface area contributed by atoms with Crippen LogP contribution in [0.3, 0.4) is 0 Å². The van der Waals surface area contributed by atoms with E-state index in [1.165, 1.54) is 0 Å². The minimum Gasteiger partial charge on any atom is -0.472 e. The van der Waals surface area contributed by atoms with E-state index in [1.807, 2.05) is 49.0 Å². The summed E-state index contributed by atoms with van der Waals surface area (Å²) in [5.41, 5.74) is 2.89. The second-order valence-electron chi connectivity index (χ2n) is 6.32. The van der Waals surface area contributed by atoms with E-state index in [0.29, 0.717) is 6.54 Å². The first-order chi connectivity index (χ1) is 12.0. The van der Waals surface area contributed by atoms with Crippen molar-refractivity contribution >= 4 is 21.8 Å². The number of benzene rings is 1. The third kappa shape index (κ3) is 5.34. The maximum absolute atomic E-state index is 12.5. The van der Waals surface area contributed by atoms with Crippen LogP contribution in [0.4, 0.5) is 0 Å². The number of hydrogen-bond acceptors (Lipinski definition) is 5. The molecule has 0 amide bonds. The molecule has 7 heteroatoms. The fraction of sp³-hybridized carbons (Fsp3) is 0.444. The van der Waals surface area contributed by atoms with Gasteiger partial charge >= 0.3 is 0 Å². The Bertz CT molecular complexity index is 769. The third-order valence-electron chi connectivity index (χ3n) is 4.35. The van der Waals surface area contributed by atoms with Crippen LogP contribution >= 0.6 is 11.8 Å². The molecule has 25 heavy (non-hydrogen) atoms. The van der Waals surface area contributed by atoms with E-state index >= 15 is 0 Å². The van der Waals surface area contributed by atoms with Gasteiger partial charge in [-0.05, 0) is 18.6 Å². The Morgan fingerprint density at radius 3 is 2.76 bits per heavy atom. The lowest BCUT2D eigenvalue weighted by Crippen LogP contribution is -2.42. The standard InChI is InChI=1S/C18H24N2O3S2/c1-15-3-2-4-16(11-15)14-25(21,22)19-12-18(17-5-8-23-13-17)20-6-9-24-10-7-20/h2-5,8,11,13,18-19H,6-7,9-10,12,14H2,1H3/t18-/m1/s1. The van der Waals surface area contributed by atoms with Crippen molar-refractivity contribution in [3.05, 3.63) is 59.5 Å². The van der Waals surface area contributed by atoms with E-state index in [2.05, 4.69) is 9.62 Å². The van der Waals surface area contributed by atoms with Gasteiger partial charge < -0.3 is 4.42 Å². The topological polar surface area (TPSA) is 62.6 Å². The summed E-state index contributed by atoms with van der Waals surface area (Å²) in [6.45, 7) is 4.24. The van der Waals surface area contributed by atoms with Crippen molar-refractivity contribution in [2.45, 2.75) is 18.7 Å². The van der Waals surface area contributed by atoms with Crippen molar-refractivity contribution in [2.24, 2.45) is 0 Å². The molecule has 0 unspecified atom stereocenters. The lowest BCUT2D eigenvalue weighted by molar-refractivity contribution is 0.218. The van der Waals surface area contributed by atoms with Crippen LogP contribution in [-0.4, -0.2) is 44.5 Å². The molecule has 2 heterocycles. The molecule has 1 fully saturated rings. The van der Waals surface area contributed by atoms with Gasteiger partial charge in [0.2, 0.25) is 10.0 Å². The zero-order valence-electron chi connectivity index (χ0n) is 14.3. The molecule has 0 aliphatic carbocycles. The second-order valence-corrected chi connectivity index (χ2v) is 9.35. The van der Waals surface area contributed by atoms with Gasteiger partial charge in [0.1, 0.15) is 0 Å². The predicted octanol–water partition coefficient (Wildman–Crippen LogP) is 2.80. The van der Waals surface area contributed by atoms with Crippen molar-refractivity contribution < 1.29 is 12.8 Å². The molecule has 0 spiro atoms. The van der Waals surface area contributed by atoms with E-state index in [-0.39, 0.29) is 11.8 Å². The van der Waals surface area contributed by atoms with Gasteiger partial charge in [0.25, 0.3) is 0 Å². The predicted molar refractivity (Wildman–Crippen MR) is 102 cm³/mol. The first-order valence-corrected chi connectivity index (χ1v) is 11.2. The fourth-order valence-electron chi connectivity index (χ4n) is 3.09. The Morgan fingerprint density at radius 1 is 1.28 bits per heavy atom. The molecule has 136 valence electrons. The molecule has 0 saturated carbocycles. The second kappa shape index (κ2) is 8.40. The molecule has 2 aromatic rings. The smallest absolute Gasteiger partial charge is 0.215 e. The van der Waals surface area contributed by atoms with E-state index in [0.717, 1.165) is 41.3 Å². The first kappa shape index (κ1) is 18.5. The largest absolute Gasteiger partial charge is 0.472 e. The lowest BCUT2D eigenvalue weighted by Gasteiger charge is -2.33. The highest BCUT2D eigenvalue weighted by Gasteiger charge is 2.25. The quantitative estimate of drug-likeness (QED) is 0.800. The summed E-state index contributed by atoms with van der Waals surface area (Å²) < 4.78 is 33.0. The monoisotopic (exact) mass is 380 g/mol. The summed E-state index contributed by atoms with van der Waals surface area (Å²) in [4.78, 5) is 2.33. The molecule has 3 rings (SSSR count). The van der Waals surface area contributed by atoms with Crippen LogP contribution in [0, 0.1) is 6.92 Å². The lowest BCUT2D eigenvalue weighted by atomic mass is 10.1. The molecule has 0 bridgehead atoms. The van der Waals surface area contributed by atoms with Crippen LogP contribution in [0.5, 0.6) is 0 Å². The number of aryl methyl sites for hydroxylation is 1. The summed E-state index contributed by atoms with van der Waals surface area (Å²) >= 11 is 1.94. The summed E-state index contributed by atoms with van der Waals surface area (Å²) in [6, 6.07) is 9.54. The molecule has 1 saturated heterocycles. The molecule has 1 aromatic carbocycles. The van der Waals surface area contributed by atoms with Gasteiger partial charge in [0, 0.05) is 36.7 Å². The zero-order valence-corrected chi connectivity index (χ0v) is 16.0. The van der Waals surface area contributed by atoms with Gasteiger partial charge in [-0.3, -0.25) is 4.90 Å². The van der Waals surface area contributed by atoms with Crippen LogP contribution in [0.25, 0.3) is 0 Å². The molecule has 1 aromatic heterocycles. The summed E-state index contributed by atoms with van der Waals surface area (Å²) in [7, 11) is -3.39. The highest BCUT2D eigenvalue weighted by atomic mass is 32.2. The maximum atomic E-state index is 12.5. The molecule has 1 atom stereocenters. The SMILES string of the molecule is Cc1cccc(CS(=O)(=O)NC[C@H](c2ccoc2)N2CCSCC2)c1. The third-order valence-corrected chi connectivity index (χ3v) is 6.61. The number of nitrogens with one attached hydrogen (secondary N) is 1. The minimum atomic E-state index is -3.39. The molecule has 1 aliphatic rings. The first-order valence-electron chi connectivity index (χ1n) is 8.40. The highest BCUT2D eigenvalue weighted by Crippen LogP contribution is 2.24. The molecule has 5 nitrogen and oxygen atoms in total. The van der Waals surface area contributed by atoms with Gasteiger partial charge in [-0.2, -0.15) is 11.8 Å². The van der Waals surface area contributed by atoms with Gasteiger partial charge in [0.05, 0.1) is 24.3 Å². The summed E-state index contributed by atoms with van der Waals surface area (Å²) in [5, 5.41) is 0. The van der Waals surface area contributed by atoms with Gasteiger partial charge in [-0.1, -0.05) is 29.8 Å². The van der Waals surface area contributed by atoms with Crippen LogP contribution in [0.15, 0.2) is 47.3 Å². The molecular weight excluding hydrogens is 356 g/mol. The van der Waals surface area contributed by atoms with E-state index in [9.17, 15) is 8.42 Å². The Morgan fingerprint density at radius 2 is 2.08 bits per heavy atom. The number of rotatable bonds is 7. The van der Waals surface area contributed by atoms with Crippen LogP contribution in [-0.2, 0) is 15.8 Å². The van der Waals surface area contributed by atoms with Crippen molar-refractivity contribution in [3.63, 3.8) is 0 Å². The van der Waals surface area contributed by atoms with Crippen molar-refractivity contribution in [1.29, 1.82) is 0 Å². The summed E-state index contributed by atoms with van der Waals surface area (Å²) in [6.07, 6.45) is 3.35. The highest BCUT2D eigenvalue weighted by molar-refractivity contribution is 7.99. The number of thioether (sulfide) groups is 1. The summed E-state index contributed by atoms with van der Waals surface area (Å²) in [5.74, 6) is 2.15. The van der Waals surface area contributed by atoms with E-state index in [1.54, 1.807) is 12.5 Å². The van der Waals surface area contributed by atoms with E-state index in [4.69, 9.17) is 4.42 Å². The molecule has 1 N–H and O–H groups in total. The maximum Gasteiger partial charge on any atom is 0.215 e.